The van der Waals surface area contributed by atoms with E-state index in [1.807, 2.05) is 47.4 Å². The van der Waals surface area contributed by atoms with E-state index < -0.39 is 0 Å². The molecule has 2 heterocycles. The molecule has 2 aliphatic heterocycles. The summed E-state index contributed by atoms with van der Waals surface area (Å²) in [6.45, 7) is 3.16. The van der Waals surface area contributed by atoms with Gasteiger partial charge in [0, 0.05) is 25.6 Å². The van der Waals surface area contributed by atoms with E-state index in [-0.39, 0.29) is 29.5 Å². The highest BCUT2D eigenvalue weighted by molar-refractivity contribution is 5.82. The molecule has 2 fully saturated rings. The summed E-state index contributed by atoms with van der Waals surface area (Å²) in [5.41, 5.74) is 4.45. The average Bonchev–Trinajstić information content (AvgIpc) is 3.34. The van der Waals surface area contributed by atoms with E-state index in [4.69, 9.17) is 4.74 Å². The molecule has 3 aromatic carbocycles. The van der Waals surface area contributed by atoms with E-state index in [2.05, 4.69) is 29.6 Å². The van der Waals surface area contributed by atoms with Gasteiger partial charge >= 0.3 is 0 Å². The molecular weight excluding hydrogens is 400 g/mol. The molecule has 164 valence electrons. The van der Waals surface area contributed by atoms with Gasteiger partial charge in [-0.25, -0.2) is 0 Å². The Kier molecular flexibility index (Phi) is 5.93. The van der Waals surface area contributed by atoms with Crippen molar-refractivity contribution in [1.82, 2.24) is 10.2 Å². The Bertz CT molecular complexity index is 1070. The fourth-order valence-corrected chi connectivity index (χ4v) is 5.02. The zero-order chi connectivity index (χ0) is 21.9. The molecule has 0 aliphatic carbocycles. The van der Waals surface area contributed by atoms with Crippen molar-refractivity contribution in [3.8, 4) is 16.9 Å². The normalized spacial score (nSPS) is 23.2. The highest BCUT2D eigenvalue weighted by Gasteiger charge is 2.40. The summed E-state index contributed by atoms with van der Waals surface area (Å²) in [6.07, 6.45) is 0. The third-order valence-electron chi connectivity index (χ3n) is 6.67. The summed E-state index contributed by atoms with van der Waals surface area (Å²) < 4.78 is 5.75. The maximum Gasteiger partial charge on any atom is 0.228 e. The van der Waals surface area contributed by atoms with Crippen molar-refractivity contribution in [2.24, 2.45) is 5.92 Å². The van der Waals surface area contributed by atoms with Crippen LogP contribution in [0.1, 0.15) is 23.1 Å². The molecule has 0 radical (unpaired) electrons. The molecular formula is C27H28N2O3. The van der Waals surface area contributed by atoms with Gasteiger partial charge in [-0.3, -0.25) is 4.79 Å². The highest BCUT2D eigenvalue weighted by atomic mass is 16.5. The van der Waals surface area contributed by atoms with Crippen molar-refractivity contribution in [3.63, 3.8) is 0 Å². The molecule has 5 heteroatoms. The number of carbonyl (C=O) groups excluding carboxylic acids is 1. The van der Waals surface area contributed by atoms with Gasteiger partial charge in [0.25, 0.3) is 0 Å². The van der Waals surface area contributed by atoms with Crippen LogP contribution in [0.4, 0.5) is 0 Å². The lowest BCUT2D eigenvalue weighted by molar-refractivity contribution is -0.144. The van der Waals surface area contributed by atoms with Crippen molar-refractivity contribution < 1.29 is 14.6 Å². The molecule has 1 amide bonds. The van der Waals surface area contributed by atoms with Crippen LogP contribution in [-0.2, 0) is 9.53 Å². The summed E-state index contributed by atoms with van der Waals surface area (Å²) in [5, 5.41) is 13.2. The van der Waals surface area contributed by atoms with Gasteiger partial charge in [0.05, 0.1) is 25.2 Å². The number of morpholine rings is 1. The Morgan fingerprint density at radius 1 is 0.938 bits per heavy atom. The number of carbonyl (C=O) groups is 1. The molecule has 2 saturated heterocycles. The first-order chi connectivity index (χ1) is 15.7. The van der Waals surface area contributed by atoms with E-state index in [0.717, 1.165) is 23.2 Å². The lowest BCUT2D eigenvalue weighted by Crippen LogP contribution is -2.47. The third kappa shape index (κ3) is 4.01. The molecule has 3 aromatic rings. The van der Waals surface area contributed by atoms with Crippen LogP contribution in [0.2, 0.25) is 0 Å². The van der Waals surface area contributed by atoms with Crippen LogP contribution in [0, 0.1) is 5.92 Å². The minimum Gasteiger partial charge on any atom is -0.508 e. The minimum atomic E-state index is -0.127. The van der Waals surface area contributed by atoms with Crippen molar-refractivity contribution in [3.05, 3.63) is 90.0 Å². The van der Waals surface area contributed by atoms with Gasteiger partial charge in [0.1, 0.15) is 5.75 Å². The fraction of sp³-hybridized carbons (Fsp3) is 0.296. The maximum absolute atomic E-state index is 13.9. The van der Waals surface area contributed by atoms with Crippen LogP contribution < -0.4 is 5.32 Å². The Morgan fingerprint density at radius 2 is 1.69 bits per heavy atom. The highest BCUT2D eigenvalue weighted by Crippen LogP contribution is 2.38. The zero-order valence-corrected chi connectivity index (χ0v) is 18.0. The van der Waals surface area contributed by atoms with E-state index in [1.54, 1.807) is 12.1 Å². The Morgan fingerprint density at radius 3 is 2.50 bits per heavy atom. The lowest BCUT2D eigenvalue weighted by Gasteiger charge is -2.38. The summed E-state index contributed by atoms with van der Waals surface area (Å²) in [7, 11) is 0. The van der Waals surface area contributed by atoms with E-state index in [0.29, 0.717) is 26.3 Å². The van der Waals surface area contributed by atoms with Crippen LogP contribution in [0.15, 0.2) is 78.9 Å². The molecule has 2 aliphatic rings. The van der Waals surface area contributed by atoms with Gasteiger partial charge in [-0.15, -0.1) is 0 Å². The number of phenolic OH excluding ortho intramolecular Hbond substituents is 1. The predicted octanol–water partition coefficient (Wildman–Crippen LogP) is 3.96. The fourth-order valence-electron chi connectivity index (χ4n) is 5.02. The first-order valence-corrected chi connectivity index (χ1v) is 11.2. The van der Waals surface area contributed by atoms with Gasteiger partial charge < -0.3 is 20.1 Å². The topological polar surface area (TPSA) is 61.8 Å². The van der Waals surface area contributed by atoms with Crippen molar-refractivity contribution >= 4 is 5.91 Å². The number of hydrogen-bond donors (Lipinski definition) is 2. The predicted molar refractivity (Wildman–Crippen MR) is 124 cm³/mol. The van der Waals surface area contributed by atoms with E-state index in [1.165, 1.54) is 5.56 Å². The number of nitrogens with one attached hydrogen (secondary N) is 1. The van der Waals surface area contributed by atoms with Crippen LogP contribution in [0.25, 0.3) is 11.1 Å². The molecule has 0 bridgehead atoms. The second kappa shape index (κ2) is 9.15. The van der Waals surface area contributed by atoms with Gasteiger partial charge in [-0.05, 0) is 34.4 Å². The third-order valence-corrected chi connectivity index (χ3v) is 6.67. The molecule has 0 saturated carbocycles. The van der Waals surface area contributed by atoms with Crippen molar-refractivity contribution in [2.75, 3.05) is 32.8 Å². The number of aromatic hydroxyl groups is 1. The molecule has 5 nitrogen and oxygen atoms in total. The smallest absolute Gasteiger partial charge is 0.228 e. The summed E-state index contributed by atoms with van der Waals surface area (Å²) in [6, 6.07) is 25.7. The number of ether oxygens (including phenoxy) is 1. The van der Waals surface area contributed by atoms with Crippen LogP contribution in [0.5, 0.6) is 5.75 Å². The van der Waals surface area contributed by atoms with Crippen LogP contribution >= 0.6 is 0 Å². The largest absolute Gasteiger partial charge is 0.508 e. The first-order valence-electron chi connectivity index (χ1n) is 11.2. The van der Waals surface area contributed by atoms with Gasteiger partial charge in [0.15, 0.2) is 0 Å². The number of hydrogen-bond acceptors (Lipinski definition) is 4. The number of phenols is 1. The minimum absolute atomic E-state index is 0.0500. The van der Waals surface area contributed by atoms with Crippen LogP contribution in [0.3, 0.4) is 0 Å². The molecule has 5 rings (SSSR count). The molecule has 32 heavy (non-hydrogen) atoms. The van der Waals surface area contributed by atoms with Gasteiger partial charge in [-0.1, -0.05) is 66.7 Å². The number of nitrogens with zero attached hydrogens (tertiary/aromatic N) is 1. The monoisotopic (exact) mass is 428 g/mol. The Hall–Kier alpha value is -3.15. The summed E-state index contributed by atoms with van der Waals surface area (Å²) >= 11 is 0. The average molecular weight is 429 g/mol. The molecule has 3 atom stereocenters. The quantitative estimate of drug-likeness (QED) is 0.660. The molecule has 0 spiro atoms. The molecule has 0 unspecified atom stereocenters. The molecule has 2 N–H and O–H groups in total. The van der Waals surface area contributed by atoms with E-state index >= 15 is 0 Å². The standard InChI is InChI=1S/C27H28N2O3/c30-21-12-10-19(11-13-21)22-8-4-5-9-23(22)24-16-28-17-25(24)27(31)29-14-15-32-18-26(29)20-6-2-1-3-7-20/h1-13,24-26,28,30H,14-18H2/t24-,25+,26+/m0/s1. The maximum atomic E-state index is 13.9. The van der Waals surface area contributed by atoms with Crippen molar-refractivity contribution in [1.29, 1.82) is 0 Å². The summed E-state index contributed by atoms with van der Waals surface area (Å²) in [4.78, 5) is 15.9. The van der Waals surface area contributed by atoms with Crippen LogP contribution in [-0.4, -0.2) is 48.8 Å². The SMILES string of the molecule is O=C([C@@H]1CNC[C@H]1c1ccccc1-c1ccc(O)cc1)N1CCOC[C@@H]1c1ccccc1. The van der Waals surface area contributed by atoms with Gasteiger partial charge in [-0.2, -0.15) is 0 Å². The second-order valence-electron chi connectivity index (χ2n) is 8.54. The zero-order valence-electron chi connectivity index (χ0n) is 18.0. The summed E-state index contributed by atoms with van der Waals surface area (Å²) in [5.74, 6) is 0.406. The molecule has 0 aromatic heterocycles. The lowest BCUT2D eigenvalue weighted by atomic mass is 9.83. The number of benzene rings is 3. The Balaban J connectivity index is 1.45. The Labute approximate surface area is 188 Å². The number of rotatable bonds is 4. The second-order valence-corrected chi connectivity index (χ2v) is 8.54. The first kappa shape index (κ1) is 20.7. The van der Waals surface area contributed by atoms with Crippen molar-refractivity contribution in [2.45, 2.75) is 12.0 Å². The van der Waals surface area contributed by atoms with Gasteiger partial charge in [0.2, 0.25) is 5.91 Å². The number of amides is 1. The van der Waals surface area contributed by atoms with E-state index in [9.17, 15) is 9.90 Å².